The Morgan fingerprint density at radius 3 is 2.56 bits per heavy atom. The highest BCUT2D eigenvalue weighted by Crippen LogP contribution is 2.31. The predicted molar refractivity (Wildman–Crippen MR) is 99.6 cm³/mol. The molecule has 1 aliphatic heterocycles. The lowest BCUT2D eigenvalue weighted by molar-refractivity contribution is -0.120. The van der Waals surface area contributed by atoms with E-state index in [4.69, 9.17) is 4.98 Å². The average molecular weight is 355 g/mol. The molecule has 0 radical (unpaired) electrons. The zero-order valence-corrected chi connectivity index (χ0v) is 14.4. The highest BCUT2D eigenvalue weighted by atomic mass is 32.1. The Kier molecular flexibility index (Phi) is 4.36. The molecule has 25 heavy (non-hydrogen) atoms. The van der Waals surface area contributed by atoms with E-state index in [-0.39, 0.29) is 17.6 Å². The van der Waals surface area contributed by atoms with Gasteiger partial charge in [0.05, 0.1) is 10.2 Å². The quantitative estimate of drug-likeness (QED) is 0.762. The van der Waals surface area contributed by atoms with Crippen molar-refractivity contribution in [1.82, 2.24) is 4.98 Å². The number of hydrogen-bond donors (Lipinski definition) is 1. The summed E-state index contributed by atoms with van der Waals surface area (Å²) in [6.07, 6.45) is 1.59. The Hall–Kier alpha value is -2.47. The molecule has 4 rings (SSSR count). The van der Waals surface area contributed by atoms with Crippen LogP contribution in [-0.4, -0.2) is 24.0 Å². The van der Waals surface area contributed by atoms with Crippen LogP contribution in [0.25, 0.3) is 10.2 Å². The lowest BCUT2D eigenvalue weighted by Gasteiger charge is -2.31. The van der Waals surface area contributed by atoms with Gasteiger partial charge in [-0.15, -0.1) is 0 Å². The highest BCUT2D eigenvalue weighted by Gasteiger charge is 2.26. The van der Waals surface area contributed by atoms with Crippen molar-refractivity contribution in [3.05, 3.63) is 54.3 Å². The van der Waals surface area contributed by atoms with Gasteiger partial charge in [0.25, 0.3) is 0 Å². The van der Waals surface area contributed by atoms with Gasteiger partial charge < -0.3 is 10.2 Å². The van der Waals surface area contributed by atoms with Crippen LogP contribution in [0.3, 0.4) is 0 Å². The molecule has 0 unspecified atom stereocenters. The molecule has 1 aromatic heterocycles. The zero-order valence-electron chi connectivity index (χ0n) is 13.6. The van der Waals surface area contributed by atoms with E-state index in [1.165, 1.54) is 16.8 Å². The van der Waals surface area contributed by atoms with E-state index < -0.39 is 0 Å². The summed E-state index contributed by atoms with van der Waals surface area (Å²) in [7, 11) is 0. The summed E-state index contributed by atoms with van der Waals surface area (Å²) in [6.45, 7) is 1.64. The number of carbonyl (C=O) groups excluding carboxylic acids is 1. The monoisotopic (exact) mass is 355 g/mol. The number of hydrogen-bond acceptors (Lipinski definition) is 4. The molecule has 128 valence electrons. The third kappa shape index (κ3) is 3.49. The fourth-order valence-corrected chi connectivity index (χ4v) is 4.12. The van der Waals surface area contributed by atoms with Gasteiger partial charge in [0, 0.05) is 24.7 Å². The summed E-state index contributed by atoms with van der Waals surface area (Å²) < 4.78 is 14.1. The first-order valence-corrected chi connectivity index (χ1v) is 9.18. The summed E-state index contributed by atoms with van der Waals surface area (Å²) in [5.41, 5.74) is 1.67. The lowest BCUT2D eigenvalue weighted by Crippen LogP contribution is -2.38. The number of halogens is 1. The zero-order chi connectivity index (χ0) is 17.2. The Bertz CT molecular complexity index is 852. The van der Waals surface area contributed by atoms with Crippen LogP contribution in [0.1, 0.15) is 12.8 Å². The van der Waals surface area contributed by atoms with Crippen molar-refractivity contribution in [2.75, 3.05) is 23.3 Å². The third-order valence-electron chi connectivity index (χ3n) is 4.53. The van der Waals surface area contributed by atoms with Crippen molar-refractivity contribution in [2.45, 2.75) is 12.8 Å². The molecule has 1 N–H and O–H groups in total. The number of benzene rings is 2. The minimum atomic E-state index is -0.304. The number of nitrogens with zero attached hydrogens (tertiary/aromatic N) is 2. The lowest BCUT2D eigenvalue weighted by atomic mass is 9.96. The van der Waals surface area contributed by atoms with E-state index in [0.717, 1.165) is 36.6 Å². The molecule has 1 amide bonds. The fourth-order valence-electron chi connectivity index (χ4n) is 3.11. The molecule has 2 heterocycles. The molecule has 0 atom stereocenters. The van der Waals surface area contributed by atoms with E-state index in [2.05, 4.69) is 16.3 Å². The molecular formula is C19H18FN3OS. The van der Waals surface area contributed by atoms with Crippen molar-refractivity contribution < 1.29 is 9.18 Å². The van der Waals surface area contributed by atoms with Crippen LogP contribution < -0.4 is 10.2 Å². The molecule has 0 spiro atoms. The second-order valence-corrected chi connectivity index (χ2v) is 7.23. The molecule has 1 fully saturated rings. The number of fused-ring (bicyclic) bond motifs is 1. The van der Waals surface area contributed by atoms with Crippen LogP contribution in [0.2, 0.25) is 0 Å². The first-order valence-electron chi connectivity index (χ1n) is 8.36. The summed E-state index contributed by atoms with van der Waals surface area (Å²) in [5.74, 6) is -0.312. The normalized spacial score (nSPS) is 15.5. The van der Waals surface area contributed by atoms with Gasteiger partial charge in [0.1, 0.15) is 5.82 Å². The second-order valence-electron chi connectivity index (χ2n) is 6.22. The first-order chi connectivity index (χ1) is 12.2. The number of aromatic nitrogens is 1. The summed E-state index contributed by atoms with van der Waals surface area (Å²) >= 11 is 1.70. The molecule has 4 nitrogen and oxygen atoms in total. The number of thiazole rings is 1. The maximum absolute atomic E-state index is 12.9. The van der Waals surface area contributed by atoms with E-state index in [1.54, 1.807) is 23.5 Å². The van der Waals surface area contributed by atoms with Crippen LogP contribution in [0.15, 0.2) is 48.5 Å². The van der Waals surface area contributed by atoms with Gasteiger partial charge >= 0.3 is 0 Å². The minimum absolute atomic E-state index is 0.00978. The Labute approximate surface area is 149 Å². The standard InChI is InChI=1S/C19H18FN3OS/c20-14-5-7-15(8-6-14)21-18(24)13-9-11-23(12-10-13)19-22-16-3-1-2-4-17(16)25-19/h1-8,13H,9-12H2,(H,21,24). The third-order valence-corrected chi connectivity index (χ3v) is 5.63. The average Bonchev–Trinajstić information content (AvgIpc) is 3.08. The molecule has 6 heteroatoms. The molecule has 1 aliphatic rings. The Morgan fingerprint density at radius 1 is 1.12 bits per heavy atom. The van der Waals surface area contributed by atoms with E-state index in [9.17, 15) is 9.18 Å². The van der Waals surface area contributed by atoms with Crippen molar-refractivity contribution in [3.63, 3.8) is 0 Å². The number of para-hydroxylation sites is 1. The van der Waals surface area contributed by atoms with Crippen molar-refractivity contribution >= 4 is 38.3 Å². The Balaban J connectivity index is 1.37. The van der Waals surface area contributed by atoms with E-state index in [0.29, 0.717) is 5.69 Å². The van der Waals surface area contributed by atoms with Crippen LogP contribution in [0.4, 0.5) is 15.2 Å². The largest absolute Gasteiger partial charge is 0.348 e. The maximum atomic E-state index is 12.9. The van der Waals surface area contributed by atoms with Crippen molar-refractivity contribution in [2.24, 2.45) is 5.92 Å². The molecule has 2 aromatic carbocycles. The topological polar surface area (TPSA) is 45.2 Å². The number of rotatable bonds is 3. The van der Waals surface area contributed by atoms with Crippen LogP contribution >= 0.6 is 11.3 Å². The van der Waals surface area contributed by atoms with Gasteiger partial charge in [-0.05, 0) is 49.2 Å². The van der Waals surface area contributed by atoms with Gasteiger partial charge in [-0.2, -0.15) is 0 Å². The van der Waals surface area contributed by atoms with Gasteiger partial charge in [-0.1, -0.05) is 23.5 Å². The number of carbonyl (C=O) groups is 1. The van der Waals surface area contributed by atoms with Gasteiger partial charge in [-0.3, -0.25) is 4.79 Å². The SMILES string of the molecule is O=C(Nc1ccc(F)cc1)C1CCN(c2nc3ccccc3s2)CC1. The number of nitrogens with one attached hydrogen (secondary N) is 1. The fraction of sp³-hybridized carbons (Fsp3) is 0.263. The van der Waals surface area contributed by atoms with Crippen LogP contribution in [0, 0.1) is 11.7 Å². The van der Waals surface area contributed by atoms with Crippen LogP contribution in [0.5, 0.6) is 0 Å². The summed E-state index contributed by atoms with van der Waals surface area (Å²) in [4.78, 5) is 19.3. The molecule has 0 aliphatic carbocycles. The van der Waals surface area contributed by atoms with Crippen molar-refractivity contribution in [3.8, 4) is 0 Å². The maximum Gasteiger partial charge on any atom is 0.227 e. The Morgan fingerprint density at radius 2 is 1.84 bits per heavy atom. The number of anilines is 2. The van der Waals surface area contributed by atoms with Gasteiger partial charge in [0.2, 0.25) is 5.91 Å². The summed E-state index contributed by atoms with van der Waals surface area (Å²) in [5, 5.41) is 3.90. The molecule has 1 saturated heterocycles. The van der Waals surface area contributed by atoms with E-state index in [1.807, 2.05) is 18.2 Å². The second kappa shape index (κ2) is 6.80. The molecule has 0 saturated carbocycles. The van der Waals surface area contributed by atoms with E-state index >= 15 is 0 Å². The number of piperidine rings is 1. The smallest absolute Gasteiger partial charge is 0.227 e. The highest BCUT2D eigenvalue weighted by molar-refractivity contribution is 7.22. The van der Waals surface area contributed by atoms with Crippen molar-refractivity contribution in [1.29, 1.82) is 0 Å². The first kappa shape index (κ1) is 16.0. The molecule has 0 bridgehead atoms. The predicted octanol–water partition coefficient (Wildman–Crippen LogP) is 4.29. The molecular weight excluding hydrogens is 337 g/mol. The summed E-state index contributed by atoms with van der Waals surface area (Å²) in [6, 6.07) is 14.0. The van der Waals surface area contributed by atoms with Crippen LogP contribution in [-0.2, 0) is 4.79 Å². The molecule has 3 aromatic rings. The van der Waals surface area contributed by atoms with Gasteiger partial charge in [-0.25, -0.2) is 9.37 Å². The minimum Gasteiger partial charge on any atom is -0.348 e. The van der Waals surface area contributed by atoms with Gasteiger partial charge in [0.15, 0.2) is 5.13 Å². The number of amides is 1.